The Bertz CT molecular complexity index is 2440. The zero-order chi connectivity index (χ0) is 44.9. The van der Waals surface area contributed by atoms with Crippen LogP contribution in [-0.2, 0) is 43.1 Å². The van der Waals surface area contributed by atoms with Gasteiger partial charge in [-0.25, -0.2) is 19.2 Å². The first-order chi connectivity index (χ1) is 30.5. The monoisotopic (exact) mass is 858 g/mol. The number of hydrogen-bond donors (Lipinski definition) is 5. The van der Waals surface area contributed by atoms with Crippen LogP contribution in [0.4, 0.5) is 9.18 Å². The van der Waals surface area contributed by atoms with Crippen molar-refractivity contribution in [2.45, 2.75) is 76.9 Å². The van der Waals surface area contributed by atoms with Crippen molar-refractivity contribution in [1.29, 1.82) is 0 Å². The van der Waals surface area contributed by atoms with Gasteiger partial charge >= 0.3 is 6.09 Å². The summed E-state index contributed by atoms with van der Waals surface area (Å²) in [5, 5.41) is 8.79. The summed E-state index contributed by atoms with van der Waals surface area (Å²) in [6.07, 6.45) is 6.60. The molecule has 63 heavy (non-hydrogen) atoms. The fraction of sp³-hybridized carbons (Fsp3) is 0.375. The molecule has 3 heterocycles. The molecule has 2 aliphatic rings. The number of halogens is 1. The van der Waals surface area contributed by atoms with Gasteiger partial charge in [0.05, 0.1) is 43.4 Å². The number of aryl methyl sites for hydroxylation is 3. The van der Waals surface area contributed by atoms with Crippen LogP contribution in [0.2, 0.25) is 0 Å². The lowest BCUT2D eigenvalue weighted by atomic mass is 9.91. The number of aromatic amines is 2. The van der Waals surface area contributed by atoms with Crippen molar-refractivity contribution < 1.29 is 33.0 Å². The molecule has 5 aromatic rings. The van der Waals surface area contributed by atoms with Crippen LogP contribution >= 0.6 is 0 Å². The van der Waals surface area contributed by atoms with E-state index in [-0.39, 0.29) is 23.8 Å². The van der Waals surface area contributed by atoms with Crippen LogP contribution in [0.3, 0.4) is 0 Å². The number of rotatable bonds is 14. The van der Waals surface area contributed by atoms with Crippen LogP contribution in [0, 0.1) is 23.6 Å². The van der Waals surface area contributed by atoms with Crippen LogP contribution in [0.25, 0.3) is 22.5 Å². The normalized spacial score (nSPS) is 14.8. The molecule has 0 spiro atoms. The summed E-state index contributed by atoms with van der Waals surface area (Å²) in [6.45, 7) is 5.33. The largest absolute Gasteiger partial charge is 0.471 e. The standard InChI is InChI=1S/C46H51FN8O4.C2H4O2/c1-28(2)40(54-46(58)59-4)45(57)55-24-10-13-38(55)43-52-36-22-20-32-25-29(16-21-34(32)42(36)53-43)15-17-30-18-19-33(26-35(30)47)37-27-50-39(51-37)14-8-9-23-49-44(56)41(48-3)31-11-6-5-7-12-31;1-4-2-3/h5-7,11-12,16,18-19,21,25-28,38,40-41,48H,8-10,13-14,20,22-24H2,1-4H3,(H,49,56)(H,50,51)(H,52,53)(H,54,58);2H,1H3. The predicted molar refractivity (Wildman–Crippen MR) is 237 cm³/mol. The Kier molecular flexibility index (Phi) is 15.8. The second-order valence-electron chi connectivity index (χ2n) is 15.8. The number of likely N-dealkylation sites (N-methyl/N-ethyl adjacent to an activating group) is 1. The summed E-state index contributed by atoms with van der Waals surface area (Å²) in [4.78, 5) is 65.4. The smallest absolute Gasteiger partial charge is 0.407 e. The van der Waals surface area contributed by atoms with E-state index in [1.807, 2.05) is 73.3 Å². The van der Waals surface area contributed by atoms with Crippen LogP contribution < -0.4 is 16.0 Å². The second kappa shape index (κ2) is 21.8. The zero-order valence-corrected chi connectivity index (χ0v) is 36.3. The quantitative estimate of drug-likeness (QED) is 0.0484. The molecule has 1 aliphatic heterocycles. The van der Waals surface area contributed by atoms with Gasteiger partial charge in [0.25, 0.3) is 6.47 Å². The van der Waals surface area contributed by atoms with Gasteiger partial charge in [0.1, 0.15) is 29.5 Å². The van der Waals surface area contributed by atoms with Crippen LogP contribution in [0.1, 0.15) is 91.2 Å². The van der Waals surface area contributed by atoms with Gasteiger partial charge < -0.3 is 40.3 Å². The lowest BCUT2D eigenvalue weighted by Gasteiger charge is -2.30. The third kappa shape index (κ3) is 11.4. The molecule has 3 atom stereocenters. The number of alkyl carbamates (subject to hydrolysis) is 1. The Labute approximate surface area is 367 Å². The SMILES string of the molecule is CNC(C(=O)NCCCCc1ncc(-c2ccc(C#Cc3ccc4c(c3)CCc3[nH]c(C5CCCN5C(=O)C(NC(=O)OC)C(C)C)nc3-4)c(F)c2)[nH]1)c1ccccc1.COC=O. The number of ether oxygens (including phenoxy) is 2. The van der Waals surface area contributed by atoms with Crippen molar-refractivity contribution in [2.75, 3.05) is 34.4 Å². The lowest BCUT2D eigenvalue weighted by Crippen LogP contribution is -2.51. The number of nitrogens with one attached hydrogen (secondary N) is 5. The van der Waals surface area contributed by atoms with Crippen molar-refractivity contribution >= 4 is 24.4 Å². The van der Waals surface area contributed by atoms with E-state index in [9.17, 15) is 14.4 Å². The summed E-state index contributed by atoms with van der Waals surface area (Å²) in [6, 6.07) is 19.3. The molecule has 0 radical (unpaired) electrons. The molecular formula is C48H55FN8O6. The number of carbonyl (C=O) groups is 4. The van der Waals surface area contributed by atoms with Gasteiger partial charge in [0, 0.05) is 41.9 Å². The van der Waals surface area contributed by atoms with Crippen molar-refractivity contribution in [3.05, 3.63) is 118 Å². The number of aromatic nitrogens is 4. The van der Waals surface area contributed by atoms with Crippen molar-refractivity contribution in [2.24, 2.45) is 5.92 Å². The minimum Gasteiger partial charge on any atom is -0.471 e. The second-order valence-corrected chi connectivity index (χ2v) is 15.8. The average molecular weight is 859 g/mol. The number of benzene rings is 3. The first-order valence-electron chi connectivity index (χ1n) is 21.2. The molecule has 7 rings (SSSR count). The summed E-state index contributed by atoms with van der Waals surface area (Å²) in [7, 11) is 4.38. The highest BCUT2D eigenvalue weighted by molar-refractivity contribution is 5.86. The molecule has 0 saturated carbocycles. The maximum absolute atomic E-state index is 15.4. The Morgan fingerprint density at radius 2 is 1.81 bits per heavy atom. The fourth-order valence-corrected chi connectivity index (χ4v) is 7.94. The van der Waals surface area contributed by atoms with Crippen molar-refractivity contribution in [1.82, 2.24) is 40.8 Å². The zero-order valence-electron chi connectivity index (χ0n) is 36.3. The molecule has 15 heteroatoms. The average Bonchev–Trinajstić information content (AvgIpc) is 4.09. The fourth-order valence-electron chi connectivity index (χ4n) is 7.94. The summed E-state index contributed by atoms with van der Waals surface area (Å²) < 4.78 is 24.0. The highest BCUT2D eigenvalue weighted by Crippen LogP contribution is 2.37. The third-order valence-corrected chi connectivity index (χ3v) is 11.2. The minimum atomic E-state index is -0.697. The number of imidazole rings is 2. The summed E-state index contributed by atoms with van der Waals surface area (Å²) in [5.41, 5.74) is 7.47. The molecule has 2 aromatic heterocycles. The molecule has 1 aliphatic carbocycles. The number of methoxy groups -OCH3 is 2. The van der Waals surface area contributed by atoms with Crippen LogP contribution in [0.5, 0.6) is 0 Å². The van der Waals surface area contributed by atoms with E-state index in [4.69, 9.17) is 14.5 Å². The number of carbonyl (C=O) groups excluding carboxylic acids is 4. The van der Waals surface area contributed by atoms with Gasteiger partial charge in [0.2, 0.25) is 11.8 Å². The van der Waals surface area contributed by atoms with Gasteiger partial charge in [-0.2, -0.15) is 0 Å². The number of hydrogen-bond acceptors (Lipinski definition) is 9. The Balaban J connectivity index is 0.00000158. The molecule has 1 fully saturated rings. The Morgan fingerprint density at radius 3 is 2.52 bits per heavy atom. The van der Waals surface area contributed by atoms with E-state index in [2.05, 4.69) is 47.5 Å². The maximum Gasteiger partial charge on any atom is 0.407 e. The molecule has 3 aromatic carbocycles. The van der Waals surface area contributed by atoms with E-state index in [1.165, 1.54) is 20.3 Å². The first kappa shape index (κ1) is 45.7. The number of likely N-dealkylation sites (tertiary alicyclic amines) is 1. The van der Waals surface area contributed by atoms with Gasteiger partial charge in [0.15, 0.2) is 0 Å². The number of amides is 3. The van der Waals surface area contributed by atoms with Gasteiger partial charge in [-0.3, -0.25) is 14.4 Å². The maximum atomic E-state index is 15.4. The minimum absolute atomic E-state index is 0.0578. The Morgan fingerprint density at radius 1 is 1.02 bits per heavy atom. The molecule has 0 bridgehead atoms. The topological polar surface area (TPSA) is 183 Å². The summed E-state index contributed by atoms with van der Waals surface area (Å²) >= 11 is 0. The van der Waals surface area contributed by atoms with E-state index in [1.54, 1.807) is 19.3 Å². The highest BCUT2D eigenvalue weighted by Gasteiger charge is 2.38. The molecule has 14 nitrogen and oxygen atoms in total. The highest BCUT2D eigenvalue weighted by atomic mass is 19.1. The number of nitrogens with zero attached hydrogens (tertiary/aromatic N) is 3. The summed E-state index contributed by atoms with van der Waals surface area (Å²) in [5.74, 6) is 7.00. The first-order valence-corrected chi connectivity index (χ1v) is 21.2. The van der Waals surface area contributed by atoms with Gasteiger partial charge in [-0.15, -0.1) is 0 Å². The molecule has 5 N–H and O–H groups in total. The predicted octanol–water partition coefficient (Wildman–Crippen LogP) is 6.34. The van der Waals surface area contributed by atoms with Gasteiger partial charge in [-0.05, 0) is 86.9 Å². The molecule has 1 saturated heterocycles. The van der Waals surface area contributed by atoms with Crippen LogP contribution in [0.15, 0.2) is 72.9 Å². The van der Waals surface area contributed by atoms with Crippen molar-refractivity contribution in [3.63, 3.8) is 0 Å². The molecule has 3 amide bonds. The number of fused-ring (bicyclic) bond motifs is 3. The van der Waals surface area contributed by atoms with E-state index in [0.29, 0.717) is 37.1 Å². The number of H-pyrrole nitrogens is 2. The number of unbranched alkanes of at least 4 members (excludes halogenated alkanes) is 1. The molecule has 330 valence electrons. The molecule has 3 unspecified atom stereocenters. The van der Waals surface area contributed by atoms with Crippen LogP contribution in [-0.4, -0.2) is 89.6 Å². The van der Waals surface area contributed by atoms with E-state index in [0.717, 1.165) is 89.5 Å². The lowest BCUT2D eigenvalue weighted by molar-refractivity contribution is -0.135. The van der Waals surface area contributed by atoms with Gasteiger partial charge in [-0.1, -0.05) is 68.2 Å². The van der Waals surface area contributed by atoms with E-state index >= 15 is 4.39 Å². The Hall–Kier alpha value is -6.79. The molecular weight excluding hydrogens is 804 g/mol. The van der Waals surface area contributed by atoms with Crippen molar-refractivity contribution in [3.8, 4) is 34.4 Å². The van der Waals surface area contributed by atoms with E-state index < -0.39 is 24.0 Å². The third-order valence-electron chi connectivity index (χ3n) is 11.2.